The Labute approximate surface area is 105 Å². The normalized spacial score (nSPS) is 10.2. The van der Waals surface area contributed by atoms with E-state index in [0.29, 0.717) is 12.4 Å². The molecule has 0 unspecified atom stereocenters. The molecule has 5 heteroatoms. The van der Waals surface area contributed by atoms with E-state index in [-0.39, 0.29) is 0 Å². The van der Waals surface area contributed by atoms with Crippen molar-refractivity contribution in [2.75, 3.05) is 11.1 Å². The zero-order chi connectivity index (χ0) is 12.3. The van der Waals surface area contributed by atoms with Gasteiger partial charge >= 0.3 is 0 Å². The molecule has 0 radical (unpaired) electrons. The Morgan fingerprint density at radius 3 is 2.82 bits per heavy atom. The number of hydrogen-bond donors (Lipinski definition) is 2. The summed E-state index contributed by atoms with van der Waals surface area (Å²) in [6.07, 6.45) is 1.44. The van der Waals surface area contributed by atoms with Crippen LogP contribution in [0.3, 0.4) is 0 Å². The van der Waals surface area contributed by atoms with Gasteiger partial charge in [-0.05, 0) is 18.6 Å². The number of benzene rings is 1. The number of hydrogen-bond acceptors (Lipinski definition) is 4. The first-order chi connectivity index (χ1) is 8.18. The van der Waals surface area contributed by atoms with Crippen molar-refractivity contribution in [3.05, 3.63) is 46.7 Å². The number of anilines is 2. The van der Waals surface area contributed by atoms with E-state index in [1.54, 1.807) is 0 Å². The van der Waals surface area contributed by atoms with Crippen molar-refractivity contribution in [2.45, 2.75) is 13.5 Å². The van der Waals surface area contributed by atoms with Crippen LogP contribution in [0.25, 0.3) is 0 Å². The standard InChI is InChI=1S/C12H13ClN4/c1-8-11(14)16-7-17-12(8)15-6-9-4-2-3-5-10(9)13/h2-5,7H,6H2,1H3,(H3,14,15,16,17). The largest absolute Gasteiger partial charge is 0.383 e. The minimum absolute atomic E-state index is 0.488. The summed E-state index contributed by atoms with van der Waals surface area (Å²) in [6, 6.07) is 7.68. The van der Waals surface area contributed by atoms with Crippen LogP contribution in [0, 0.1) is 6.92 Å². The molecular formula is C12H13ClN4. The second-order valence-electron chi connectivity index (χ2n) is 3.68. The van der Waals surface area contributed by atoms with E-state index >= 15 is 0 Å². The summed E-state index contributed by atoms with van der Waals surface area (Å²) in [5.74, 6) is 1.22. The number of nitrogens with zero attached hydrogens (tertiary/aromatic N) is 2. The van der Waals surface area contributed by atoms with Gasteiger partial charge in [0, 0.05) is 17.1 Å². The van der Waals surface area contributed by atoms with Gasteiger partial charge < -0.3 is 11.1 Å². The van der Waals surface area contributed by atoms with Crippen LogP contribution in [0.2, 0.25) is 5.02 Å². The van der Waals surface area contributed by atoms with Crippen molar-refractivity contribution in [3.63, 3.8) is 0 Å². The molecule has 1 aromatic carbocycles. The molecule has 0 atom stereocenters. The number of rotatable bonds is 3. The number of nitrogens with two attached hydrogens (primary N) is 1. The fraction of sp³-hybridized carbons (Fsp3) is 0.167. The van der Waals surface area contributed by atoms with Crippen molar-refractivity contribution in [2.24, 2.45) is 0 Å². The van der Waals surface area contributed by atoms with Crippen molar-refractivity contribution >= 4 is 23.2 Å². The summed E-state index contributed by atoms with van der Waals surface area (Å²) in [4.78, 5) is 8.05. The SMILES string of the molecule is Cc1c(N)ncnc1NCc1ccccc1Cl. The lowest BCUT2D eigenvalue weighted by atomic mass is 10.2. The van der Waals surface area contributed by atoms with E-state index in [2.05, 4.69) is 15.3 Å². The van der Waals surface area contributed by atoms with Gasteiger partial charge in [-0.15, -0.1) is 0 Å². The van der Waals surface area contributed by atoms with Crippen LogP contribution in [0.1, 0.15) is 11.1 Å². The third-order valence-electron chi connectivity index (χ3n) is 2.53. The highest BCUT2D eigenvalue weighted by Gasteiger charge is 2.04. The molecule has 0 aliphatic carbocycles. The van der Waals surface area contributed by atoms with Crippen LogP contribution in [0.4, 0.5) is 11.6 Å². The minimum Gasteiger partial charge on any atom is -0.383 e. The van der Waals surface area contributed by atoms with Gasteiger partial charge in [-0.2, -0.15) is 0 Å². The smallest absolute Gasteiger partial charge is 0.134 e. The van der Waals surface area contributed by atoms with Crippen molar-refractivity contribution in [1.82, 2.24) is 9.97 Å². The van der Waals surface area contributed by atoms with E-state index in [9.17, 15) is 0 Å². The third-order valence-corrected chi connectivity index (χ3v) is 2.90. The molecule has 0 amide bonds. The van der Waals surface area contributed by atoms with Gasteiger partial charge in [0.1, 0.15) is 18.0 Å². The molecule has 0 saturated carbocycles. The summed E-state index contributed by atoms with van der Waals surface area (Å²) in [5, 5.41) is 3.93. The van der Waals surface area contributed by atoms with Crippen LogP contribution in [-0.4, -0.2) is 9.97 Å². The minimum atomic E-state index is 0.488. The maximum Gasteiger partial charge on any atom is 0.134 e. The average molecular weight is 249 g/mol. The van der Waals surface area contributed by atoms with E-state index < -0.39 is 0 Å². The predicted octanol–water partition coefficient (Wildman–Crippen LogP) is 2.63. The van der Waals surface area contributed by atoms with Crippen LogP contribution < -0.4 is 11.1 Å². The second kappa shape index (κ2) is 5.01. The predicted molar refractivity (Wildman–Crippen MR) is 70.0 cm³/mol. The Morgan fingerprint density at radius 1 is 1.29 bits per heavy atom. The highest BCUT2D eigenvalue weighted by Crippen LogP contribution is 2.19. The summed E-state index contributed by atoms with van der Waals surface area (Å²) >= 11 is 6.06. The number of halogens is 1. The molecule has 17 heavy (non-hydrogen) atoms. The van der Waals surface area contributed by atoms with Crippen molar-refractivity contribution in [1.29, 1.82) is 0 Å². The van der Waals surface area contributed by atoms with E-state index in [1.807, 2.05) is 31.2 Å². The molecule has 1 heterocycles. The van der Waals surface area contributed by atoms with Gasteiger partial charge in [0.05, 0.1) is 0 Å². The van der Waals surface area contributed by atoms with Crippen LogP contribution in [0.15, 0.2) is 30.6 Å². The van der Waals surface area contributed by atoms with Crippen LogP contribution in [-0.2, 0) is 6.54 Å². The quantitative estimate of drug-likeness (QED) is 0.877. The van der Waals surface area contributed by atoms with E-state index in [0.717, 1.165) is 22.0 Å². The summed E-state index contributed by atoms with van der Waals surface area (Å²) in [6.45, 7) is 2.49. The van der Waals surface area contributed by atoms with Gasteiger partial charge in [0.2, 0.25) is 0 Å². The Hall–Kier alpha value is -1.81. The molecule has 0 aliphatic rings. The lowest BCUT2D eigenvalue weighted by molar-refractivity contribution is 1.06. The first-order valence-electron chi connectivity index (χ1n) is 5.23. The van der Waals surface area contributed by atoms with Gasteiger partial charge in [-0.3, -0.25) is 0 Å². The number of aromatic nitrogens is 2. The monoisotopic (exact) mass is 248 g/mol. The summed E-state index contributed by atoms with van der Waals surface area (Å²) in [7, 11) is 0. The summed E-state index contributed by atoms with van der Waals surface area (Å²) < 4.78 is 0. The second-order valence-corrected chi connectivity index (χ2v) is 4.08. The Bertz CT molecular complexity index is 528. The molecule has 2 rings (SSSR count). The molecule has 4 nitrogen and oxygen atoms in total. The topological polar surface area (TPSA) is 63.8 Å². The third kappa shape index (κ3) is 2.65. The zero-order valence-corrected chi connectivity index (χ0v) is 10.2. The van der Waals surface area contributed by atoms with Crippen LogP contribution >= 0.6 is 11.6 Å². The molecule has 2 aromatic rings. The first-order valence-corrected chi connectivity index (χ1v) is 5.60. The molecule has 0 aliphatic heterocycles. The molecule has 0 bridgehead atoms. The van der Waals surface area contributed by atoms with Crippen LogP contribution in [0.5, 0.6) is 0 Å². The molecule has 88 valence electrons. The highest BCUT2D eigenvalue weighted by atomic mass is 35.5. The molecule has 0 saturated heterocycles. The lowest BCUT2D eigenvalue weighted by Gasteiger charge is -2.10. The van der Waals surface area contributed by atoms with Crippen molar-refractivity contribution in [3.8, 4) is 0 Å². The number of nitrogens with one attached hydrogen (secondary N) is 1. The molecule has 1 aromatic heterocycles. The highest BCUT2D eigenvalue weighted by molar-refractivity contribution is 6.31. The lowest BCUT2D eigenvalue weighted by Crippen LogP contribution is -2.06. The Kier molecular flexibility index (Phi) is 3.44. The van der Waals surface area contributed by atoms with Gasteiger partial charge in [0.15, 0.2) is 0 Å². The van der Waals surface area contributed by atoms with E-state index in [1.165, 1.54) is 6.33 Å². The molecule has 3 N–H and O–H groups in total. The zero-order valence-electron chi connectivity index (χ0n) is 9.44. The maximum absolute atomic E-state index is 6.06. The van der Waals surface area contributed by atoms with Crippen molar-refractivity contribution < 1.29 is 0 Å². The first kappa shape index (κ1) is 11.7. The summed E-state index contributed by atoms with van der Waals surface area (Å²) in [5.41, 5.74) is 7.57. The fourth-order valence-electron chi connectivity index (χ4n) is 1.46. The van der Waals surface area contributed by atoms with E-state index in [4.69, 9.17) is 17.3 Å². The molecule has 0 fully saturated rings. The maximum atomic E-state index is 6.06. The van der Waals surface area contributed by atoms with Gasteiger partial charge in [0.25, 0.3) is 0 Å². The number of nitrogen functional groups attached to an aromatic ring is 1. The molecular weight excluding hydrogens is 236 g/mol. The molecule has 0 spiro atoms. The van der Waals surface area contributed by atoms with Gasteiger partial charge in [-0.25, -0.2) is 9.97 Å². The van der Waals surface area contributed by atoms with Gasteiger partial charge in [-0.1, -0.05) is 29.8 Å². The average Bonchev–Trinajstić information content (AvgIpc) is 2.33. The Morgan fingerprint density at radius 2 is 2.06 bits per heavy atom. The Balaban J connectivity index is 2.13. The fourth-order valence-corrected chi connectivity index (χ4v) is 1.67.